The summed E-state index contributed by atoms with van der Waals surface area (Å²) in [6, 6.07) is 17.8. The Labute approximate surface area is 168 Å². The normalized spacial score (nSPS) is 11.7. The summed E-state index contributed by atoms with van der Waals surface area (Å²) in [6.07, 6.45) is 4.14. The SMILES string of the molecule is O=C(N[C@H](Cc1cnc[nH]1)C(=O)N/N=C\c1ccccc1)OCc1ccccc1. The van der Waals surface area contributed by atoms with E-state index in [2.05, 4.69) is 25.8 Å². The molecule has 1 heterocycles. The van der Waals surface area contributed by atoms with Gasteiger partial charge in [-0.05, 0) is 11.1 Å². The molecule has 0 unspecified atom stereocenters. The van der Waals surface area contributed by atoms with Crippen molar-refractivity contribution >= 4 is 18.2 Å². The number of imidazole rings is 1. The third kappa shape index (κ3) is 6.62. The van der Waals surface area contributed by atoms with Crippen molar-refractivity contribution in [2.45, 2.75) is 19.1 Å². The topological polar surface area (TPSA) is 108 Å². The number of aromatic nitrogens is 2. The standard InChI is InChI=1S/C21H21N5O3/c27-20(26-24-12-16-7-3-1-4-8-16)19(11-18-13-22-15-23-18)25-21(28)29-14-17-9-5-2-6-10-17/h1-10,12-13,15,19H,11,14H2,(H,22,23)(H,25,28)(H,26,27)/b24-12-/t19-/m1/s1. The zero-order chi connectivity index (χ0) is 20.3. The molecule has 148 valence electrons. The zero-order valence-corrected chi connectivity index (χ0v) is 15.6. The van der Waals surface area contributed by atoms with Gasteiger partial charge in [-0.1, -0.05) is 60.7 Å². The number of hydrogen-bond donors (Lipinski definition) is 3. The van der Waals surface area contributed by atoms with Gasteiger partial charge in [0.2, 0.25) is 0 Å². The fraction of sp³-hybridized carbons (Fsp3) is 0.143. The monoisotopic (exact) mass is 391 g/mol. The lowest BCUT2D eigenvalue weighted by atomic mass is 10.1. The molecule has 8 heteroatoms. The van der Waals surface area contributed by atoms with E-state index in [0.29, 0.717) is 5.69 Å². The van der Waals surface area contributed by atoms with Gasteiger partial charge in [0.05, 0.1) is 12.5 Å². The van der Waals surface area contributed by atoms with Crippen LogP contribution in [0.5, 0.6) is 0 Å². The van der Waals surface area contributed by atoms with Gasteiger partial charge in [-0.3, -0.25) is 4.79 Å². The summed E-state index contributed by atoms with van der Waals surface area (Å²) in [7, 11) is 0. The van der Waals surface area contributed by atoms with E-state index in [-0.39, 0.29) is 13.0 Å². The summed E-state index contributed by atoms with van der Waals surface area (Å²) in [4.78, 5) is 31.6. The molecule has 8 nitrogen and oxygen atoms in total. The maximum Gasteiger partial charge on any atom is 0.408 e. The highest BCUT2D eigenvalue weighted by Gasteiger charge is 2.22. The molecule has 0 fully saturated rings. The number of carbonyl (C=O) groups is 2. The largest absolute Gasteiger partial charge is 0.445 e. The van der Waals surface area contributed by atoms with Crippen LogP contribution in [-0.2, 0) is 22.6 Å². The Hall–Kier alpha value is -3.94. The average Bonchev–Trinajstić information content (AvgIpc) is 3.26. The quantitative estimate of drug-likeness (QED) is 0.405. The van der Waals surface area contributed by atoms with Crippen LogP contribution in [0.4, 0.5) is 4.79 Å². The Bertz CT molecular complexity index is 927. The van der Waals surface area contributed by atoms with E-state index < -0.39 is 18.0 Å². The van der Waals surface area contributed by atoms with E-state index >= 15 is 0 Å². The van der Waals surface area contributed by atoms with Crippen molar-refractivity contribution in [3.05, 3.63) is 90.0 Å². The molecule has 1 atom stereocenters. The predicted octanol–water partition coefficient (Wildman–Crippen LogP) is 2.40. The van der Waals surface area contributed by atoms with Crippen LogP contribution < -0.4 is 10.7 Å². The second-order valence-electron chi connectivity index (χ2n) is 6.18. The van der Waals surface area contributed by atoms with Crippen molar-refractivity contribution in [1.29, 1.82) is 0 Å². The molecule has 0 saturated heterocycles. The maximum atomic E-state index is 12.5. The van der Waals surface area contributed by atoms with E-state index in [1.807, 2.05) is 60.7 Å². The number of rotatable bonds is 8. The summed E-state index contributed by atoms with van der Waals surface area (Å²) in [5.74, 6) is -0.469. The first-order valence-electron chi connectivity index (χ1n) is 9.03. The first kappa shape index (κ1) is 19.8. The third-order valence-electron chi connectivity index (χ3n) is 3.99. The first-order chi connectivity index (χ1) is 14.2. The molecule has 2 aromatic carbocycles. The van der Waals surface area contributed by atoms with E-state index in [1.54, 1.807) is 6.20 Å². The van der Waals surface area contributed by atoms with Gasteiger partial charge in [0, 0.05) is 18.3 Å². The molecule has 0 aliphatic carbocycles. The summed E-state index contributed by atoms with van der Waals surface area (Å²) < 4.78 is 5.21. The molecule has 0 bridgehead atoms. The number of alkyl carbamates (subject to hydrolysis) is 1. The highest BCUT2D eigenvalue weighted by molar-refractivity contribution is 5.87. The van der Waals surface area contributed by atoms with Gasteiger partial charge >= 0.3 is 6.09 Å². The fourth-order valence-electron chi connectivity index (χ4n) is 2.52. The van der Waals surface area contributed by atoms with Crippen molar-refractivity contribution in [2.24, 2.45) is 5.10 Å². The number of aromatic amines is 1. The van der Waals surface area contributed by atoms with E-state index in [0.717, 1.165) is 11.1 Å². The average molecular weight is 391 g/mol. The minimum absolute atomic E-state index is 0.108. The zero-order valence-electron chi connectivity index (χ0n) is 15.6. The second kappa shape index (κ2) is 10.4. The van der Waals surface area contributed by atoms with Crippen LogP contribution in [0, 0.1) is 0 Å². The molecule has 2 amide bonds. The van der Waals surface area contributed by atoms with Gasteiger partial charge in [-0.15, -0.1) is 0 Å². The summed E-state index contributed by atoms with van der Waals surface area (Å²) in [5, 5.41) is 6.53. The van der Waals surface area contributed by atoms with E-state index in [4.69, 9.17) is 4.74 Å². The number of amides is 2. The maximum absolute atomic E-state index is 12.5. The third-order valence-corrected chi connectivity index (χ3v) is 3.99. The summed E-state index contributed by atoms with van der Waals surface area (Å²) in [6.45, 7) is 0.108. The summed E-state index contributed by atoms with van der Waals surface area (Å²) >= 11 is 0. The van der Waals surface area contributed by atoms with Crippen molar-refractivity contribution in [2.75, 3.05) is 0 Å². The molecule has 29 heavy (non-hydrogen) atoms. The Morgan fingerprint density at radius 1 is 1.10 bits per heavy atom. The molecule has 3 aromatic rings. The van der Waals surface area contributed by atoms with Crippen molar-refractivity contribution in [3.8, 4) is 0 Å². The van der Waals surface area contributed by atoms with Gasteiger partial charge in [0.15, 0.2) is 0 Å². The molecule has 1 aromatic heterocycles. The van der Waals surface area contributed by atoms with E-state index in [1.165, 1.54) is 12.5 Å². The van der Waals surface area contributed by atoms with Crippen LogP contribution in [0.15, 0.2) is 78.3 Å². The van der Waals surface area contributed by atoms with Gasteiger partial charge in [-0.25, -0.2) is 15.2 Å². The number of nitrogens with zero attached hydrogens (tertiary/aromatic N) is 2. The molecule has 3 N–H and O–H groups in total. The Balaban J connectivity index is 1.58. The van der Waals surface area contributed by atoms with Crippen LogP contribution in [0.1, 0.15) is 16.8 Å². The highest BCUT2D eigenvalue weighted by Crippen LogP contribution is 2.03. The lowest BCUT2D eigenvalue weighted by Gasteiger charge is -2.16. The lowest BCUT2D eigenvalue weighted by Crippen LogP contribution is -2.47. The minimum atomic E-state index is -0.883. The van der Waals surface area contributed by atoms with Crippen LogP contribution >= 0.6 is 0 Å². The first-order valence-corrected chi connectivity index (χ1v) is 9.03. The van der Waals surface area contributed by atoms with Crippen molar-refractivity contribution in [1.82, 2.24) is 20.7 Å². The molecular weight excluding hydrogens is 370 g/mol. The van der Waals surface area contributed by atoms with Crippen LogP contribution in [0.25, 0.3) is 0 Å². The minimum Gasteiger partial charge on any atom is -0.445 e. The number of H-pyrrole nitrogens is 1. The van der Waals surface area contributed by atoms with Crippen molar-refractivity contribution in [3.63, 3.8) is 0 Å². The second-order valence-corrected chi connectivity index (χ2v) is 6.18. The smallest absolute Gasteiger partial charge is 0.408 e. The highest BCUT2D eigenvalue weighted by atomic mass is 16.5. The number of benzene rings is 2. The Morgan fingerprint density at radius 2 is 1.83 bits per heavy atom. The fourth-order valence-corrected chi connectivity index (χ4v) is 2.52. The van der Waals surface area contributed by atoms with Gasteiger partial charge in [-0.2, -0.15) is 5.10 Å². The van der Waals surface area contributed by atoms with E-state index in [9.17, 15) is 9.59 Å². The van der Waals surface area contributed by atoms with Crippen LogP contribution in [-0.4, -0.2) is 34.2 Å². The molecule has 0 aliphatic rings. The van der Waals surface area contributed by atoms with Crippen molar-refractivity contribution < 1.29 is 14.3 Å². The van der Waals surface area contributed by atoms with Crippen LogP contribution in [0.3, 0.4) is 0 Å². The lowest BCUT2D eigenvalue weighted by molar-refractivity contribution is -0.123. The molecule has 3 rings (SSSR count). The number of ether oxygens (including phenoxy) is 1. The molecular formula is C21H21N5O3. The van der Waals surface area contributed by atoms with Crippen LogP contribution in [0.2, 0.25) is 0 Å². The molecule has 0 aliphatic heterocycles. The number of nitrogens with one attached hydrogen (secondary N) is 3. The summed E-state index contributed by atoms with van der Waals surface area (Å²) in [5.41, 5.74) is 4.84. The Morgan fingerprint density at radius 3 is 2.52 bits per heavy atom. The Kier molecular flexibility index (Phi) is 7.11. The van der Waals surface area contributed by atoms with Gasteiger partial charge in [0.25, 0.3) is 5.91 Å². The molecule has 0 spiro atoms. The molecule has 0 saturated carbocycles. The van der Waals surface area contributed by atoms with Gasteiger partial charge in [0.1, 0.15) is 12.6 Å². The van der Waals surface area contributed by atoms with Gasteiger partial charge < -0.3 is 15.0 Å². The number of carbonyl (C=O) groups excluding carboxylic acids is 2. The predicted molar refractivity (Wildman–Crippen MR) is 108 cm³/mol. The molecule has 0 radical (unpaired) electrons. The number of hydrogen-bond acceptors (Lipinski definition) is 5. The number of hydrazone groups is 1.